The van der Waals surface area contributed by atoms with Crippen molar-refractivity contribution in [1.29, 1.82) is 0 Å². The Morgan fingerprint density at radius 3 is 2.25 bits per heavy atom. The third kappa shape index (κ3) is 8.96. The maximum Gasteiger partial charge on any atom is 0.413 e. The highest BCUT2D eigenvalue weighted by Crippen LogP contribution is 2.42. The second-order valence-electron chi connectivity index (χ2n) is 12.4. The number of allylic oxidation sites excluding steroid dienone is 1. The van der Waals surface area contributed by atoms with Crippen molar-refractivity contribution in [3.05, 3.63) is 100 Å². The van der Waals surface area contributed by atoms with Crippen molar-refractivity contribution in [3.63, 3.8) is 0 Å². The number of thiazole rings is 1. The van der Waals surface area contributed by atoms with Crippen molar-refractivity contribution >= 4 is 63.8 Å². The summed E-state index contributed by atoms with van der Waals surface area (Å²) in [4.78, 5) is 71.5. The molecule has 3 N–H and O–H groups in total. The quantitative estimate of drug-likeness (QED) is 0.0974. The first kappa shape index (κ1) is 37.1. The number of thioether (sulfide) groups is 1. The molecule has 0 spiro atoms. The Hall–Kier alpha value is -5.15. The summed E-state index contributed by atoms with van der Waals surface area (Å²) in [5.74, 6) is -1.61. The maximum atomic E-state index is 14.1. The molecule has 51 heavy (non-hydrogen) atoms. The first-order chi connectivity index (χ1) is 24.4. The Balaban J connectivity index is 1.36. The fourth-order valence-corrected chi connectivity index (χ4v) is 7.36. The predicted molar refractivity (Wildman–Crippen MR) is 194 cm³/mol. The first-order valence-corrected chi connectivity index (χ1v) is 18.1. The normalized spacial score (nSPS) is 17.3. The second kappa shape index (κ2) is 16.2. The fourth-order valence-electron chi connectivity index (χ4n) is 5.34. The van der Waals surface area contributed by atoms with E-state index in [0.29, 0.717) is 17.7 Å². The SMILES string of the molecule is CCC=C(C(=O)N[C@@H]1C(=O)N2C(C(=O)OC(c3ccccc3)c3ccccc3)=C(COC(=O)NC)CS[C@H]12)c1csc(NC(=O)OC(C)(C)C)n1. The topological polar surface area (TPSA) is 165 Å². The second-order valence-corrected chi connectivity index (χ2v) is 14.4. The number of carbonyl (C=O) groups is 5. The molecule has 3 aromatic rings. The number of benzene rings is 2. The minimum Gasteiger partial charge on any atom is -0.448 e. The molecule has 1 aromatic heterocycles. The highest BCUT2D eigenvalue weighted by Gasteiger charge is 2.55. The van der Waals surface area contributed by atoms with Gasteiger partial charge < -0.3 is 24.8 Å². The summed E-state index contributed by atoms with van der Waals surface area (Å²) < 4.78 is 16.7. The average Bonchev–Trinajstić information content (AvgIpc) is 3.57. The number of carbonyl (C=O) groups excluding carboxylic acids is 5. The van der Waals surface area contributed by atoms with Crippen LogP contribution in [0.5, 0.6) is 0 Å². The molecule has 1 fully saturated rings. The van der Waals surface area contributed by atoms with Gasteiger partial charge in [-0.15, -0.1) is 23.1 Å². The van der Waals surface area contributed by atoms with Gasteiger partial charge in [-0.3, -0.25) is 19.8 Å². The van der Waals surface area contributed by atoms with Crippen molar-refractivity contribution in [1.82, 2.24) is 20.5 Å². The zero-order valence-corrected chi connectivity index (χ0v) is 30.4. The van der Waals surface area contributed by atoms with E-state index in [4.69, 9.17) is 14.2 Å². The van der Waals surface area contributed by atoms with Crippen LogP contribution in [0.15, 0.2) is 83.4 Å². The van der Waals surface area contributed by atoms with Crippen LogP contribution >= 0.6 is 23.1 Å². The number of esters is 1. The predicted octanol–water partition coefficient (Wildman–Crippen LogP) is 5.63. The van der Waals surface area contributed by atoms with Gasteiger partial charge in [0, 0.05) is 23.8 Å². The van der Waals surface area contributed by atoms with Crippen molar-refractivity contribution in [2.45, 2.75) is 57.2 Å². The molecule has 2 atom stereocenters. The molecule has 15 heteroatoms. The number of β-lactam (4-membered cyclic amide) rings is 1. The average molecular weight is 734 g/mol. The summed E-state index contributed by atoms with van der Waals surface area (Å²) in [5.41, 5.74) is 1.65. The zero-order chi connectivity index (χ0) is 36.7. The zero-order valence-electron chi connectivity index (χ0n) is 28.8. The Bertz CT molecular complexity index is 1800. The van der Waals surface area contributed by atoms with Gasteiger partial charge in [0.15, 0.2) is 11.2 Å². The number of aromatic nitrogens is 1. The largest absolute Gasteiger partial charge is 0.448 e. The van der Waals surface area contributed by atoms with Crippen LogP contribution < -0.4 is 16.0 Å². The van der Waals surface area contributed by atoms with Crippen molar-refractivity contribution in [2.24, 2.45) is 0 Å². The summed E-state index contributed by atoms with van der Waals surface area (Å²) >= 11 is 2.45. The monoisotopic (exact) mass is 733 g/mol. The number of anilines is 1. The molecule has 0 bridgehead atoms. The third-order valence-corrected chi connectivity index (χ3v) is 9.68. The van der Waals surface area contributed by atoms with E-state index in [0.717, 1.165) is 22.5 Å². The van der Waals surface area contributed by atoms with Gasteiger partial charge in [-0.1, -0.05) is 73.7 Å². The van der Waals surface area contributed by atoms with E-state index < -0.39 is 53.1 Å². The summed E-state index contributed by atoms with van der Waals surface area (Å²) in [5, 5.41) is 9.01. The minimum atomic E-state index is -0.969. The van der Waals surface area contributed by atoms with Gasteiger partial charge in [-0.05, 0) is 38.3 Å². The lowest BCUT2D eigenvalue weighted by molar-refractivity contribution is -0.154. The Labute approximate surface area is 303 Å². The Morgan fingerprint density at radius 1 is 1.02 bits per heavy atom. The van der Waals surface area contributed by atoms with Gasteiger partial charge in [0.2, 0.25) is 0 Å². The van der Waals surface area contributed by atoms with Crippen LogP contribution in [0.1, 0.15) is 57.0 Å². The van der Waals surface area contributed by atoms with Crippen molar-refractivity contribution in [2.75, 3.05) is 24.7 Å². The summed E-state index contributed by atoms with van der Waals surface area (Å²) in [6, 6.07) is 17.5. The Kier molecular flexibility index (Phi) is 11.8. The molecule has 3 heterocycles. The molecule has 2 aliphatic rings. The molecular weight excluding hydrogens is 695 g/mol. The van der Waals surface area contributed by atoms with E-state index in [9.17, 15) is 24.0 Å². The van der Waals surface area contributed by atoms with Crippen LogP contribution in [-0.4, -0.2) is 76.3 Å². The standard InChI is InChI=1S/C36H39N5O8S2/c1-6-13-24(25-20-51-33(38-25)40-35(46)49-36(2,3)4)29(42)39-26-30(43)41-27(23(19-50-31(26)41)18-47-34(45)37-5)32(44)48-28(21-14-9-7-10-15-21)22-16-11-8-12-17-22/h7-17,20,26,28,31H,6,18-19H2,1-5H3,(H,37,45)(H,39,42)(H,38,40,46)/t26-,31-/m1/s1. The smallest absolute Gasteiger partial charge is 0.413 e. The van der Waals surface area contributed by atoms with Crippen LogP contribution in [0, 0.1) is 0 Å². The molecule has 2 aliphatic heterocycles. The summed E-state index contributed by atoms with van der Waals surface area (Å²) in [7, 11) is 1.42. The van der Waals surface area contributed by atoms with Crippen molar-refractivity contribution in [3.8, 4) is 0 Å². The molecule has 13 nitrogen and oxygen atoms in total. The number of hydrogen-bond acceptors (Lipinski definition) is 11. The first-order valence-electron chi connectivity index (χ1n) is 16.2. The summed E-state index contributed by atoms with van der Waals surface area (Å²) in [6.45, 7) is 6.84. The molecule has 0 aliphatic carbocycles. The highest BCUT2D eigenvalue weighted by molar-refractivity contribution is 8.00. The van der Waals surface area contributed by atoms with Gasteiger partial charge in [-0.2, -0.15) is 0 Å². The van der Waals surface area contributed by atoms with Crippen LogP contribution in [0.3, 0.4) is 0 Å². The van der Waals surface area contributed by atoms with E-state index in [2.05, 4.69) is 20.9 Å². The molecule has 268 valence electrons. The van der Waals surface area contributed by atoms with Crippen LogP contribution in [0.25, 0.3) is 5.57 Å². The van der Waals surface area contributed by atoms with E-state index in [1.54, 1.807) is 32.2 Å². The lowest BCUT2D eigenvalue weighted by Gasteiger charge is -2.49. The van der Waals surface area contributed by atoms with Gasteiger partial charge >= 0.3 is 18.2 Å². The number of amides is 4. The number of nitrogens with zero attached hydrogens (tertiary/aromatic N) is 2. The van der Waals surface area contributed by atoms with E-state index >= 15 is 0 Å². The maximum absolute atomic E-state index is 14.1. The van der Waals surface area contributed by atoms with Crippen LogP contribution in [0.2, 0.25) is 0 Å². The number of hydrogen-bond donors (Lipinski definition) is 3. The van der Waals surface area contributed by atoms with Gasteiger partial charge in [-0.25, -0.2) is 19.4 Å². The number of ether oxygens (including phenoxy) is 3. The molecule has 0 saturated carbocycles. The fraction of sp³-hybridized carbons (Fsp3) is 0.333. The lowest BCUT2D eigenvalue weighted by Crippen LogP contribution is -2.70. The van der Waals surface area contributed by atoms with Crippen molar-refractivity contribution < 1.29 is 38.2 Å². The molecule has 2 aromatic carbocycles. The Morgan fingerprint density at radius 2 is 1.67 bits per heavy atom. The van der Waals surface area contributed by atoms with Crippen LogP contribution in [0.4, 0.5) is 14.7 Å². The number of alkyl carbamates (subject to hydrolysis) is 1. The van der Waals surface area contributed by atoms with Crippen LogP contribution in [-0.2, 0) is 28.6 Å². The lowest BCUT2D eigenvalue weighted by atomic mass is 10.0. The van der Waals surface area contributed by atoms with Gasteiger partial charge in [0.1, 0.15) is 29.3 Å². The third-order valence-electron chi connectivity index (χ3n) is 7.58. The van der Waals surface area contributed by atoms with E-state index in [-0.39, 0.29) is 28.8 Å². The molecule has 0 radical (unpaired) electrons. The highest BCUT2D eigenvalue weighted by atomic mass is 32.2. The molecule has 5 rings (SSSR count). The van der Waals surface area contributed by atoms with E-state index in [1.807, 2.05) is 67.6 Å². The number of rotatable bonds is 11. The molecule has 4 amide bonds. The summed E-state index contributed by atoms with van der Waals surface area (Å²) in [6.07, 6.45) is 0.0132. The molecule has 0 unspecified atom stereocenters. The molecular formula is C36H39N5O8S2. The van der Waals surface area contributed by atoms with Gasteiger partial charge in [0.25, 0.3) is 11.8 Å². The number of nitrogens with one attached hydrogen (secondary N) is 3. The number of fused-ring (bicyclic) bond motifs is 1. The molecule has 1 saturated heterocycles. The van der Waals surface area contributed by atoms with E-state index in [1.165, 1.54) is 23.7 Å². The minimum absolute atomic E-state index is 0.0308. The van der Waals surface area contributed by atoms with Gasteiger partial charge in [0.05, 0.1) is 11.3 Å².